The molecule has 2 N–H and O–H groups in total. The van der Waals surface area contributed by atoms with Gasteiger partial charge in [0.25, 0.3) is 11.8 Å². The molecule has 0 saturated carbocycles. The van der Waals surface area contributed by atoms with Crippen molar-refractivity contribution in [1.82, 2.24) is 15.5 Å². The molecule has 1 aromatic carbocycles. The first-order chi connectivity index (χ1) is 13.7. The van der Waals surface area contributed by atoms with Crippen molar-refractivity contribution in [1.29, 1.82) is 0 Å². The predicted molar refractivity (Wildman–Crippen MR) is 107 cm³/mol. The van der Waals surface area contributed by atoms with Crippen LogP contribution in [0.5, 0.6) is 11.5 Å². The fourth-order valence-corrected chi connectivity index (χ4v) is 3.65. The number of likely N-dealkylation sites (tertiary alicyclic amines) is 1. The SMILES string of the molecule is CCOc1cc(C(=O)NC2CCCNC2)ccc1OCC(=O)N1CCCCC1. The highest BCUT2D eigenvalue weighted by molar-refractivity contribution is 5.95. The summed E-state index contributed by atoms with van der Waals surface area (Å²) in [7, 11) is 0. The molecule has 2 aliphatic rings. The summed E-state index contributed by atoms with van der Waals surface area (Å²) in [5.74, 6) is 0.853. The molecule has 28 heavy (non-hydrogen) atoms. The van der Waals surface area contributed by atoms with Gasteiger partial charge in [0.1, 0.15) is 0 Å². The second kappa shape index (κ2) is 10.3. The molecule has 2 aliphatic heterocycles. The van der Waals surface area contributed by atoms with E-state index in [0.29, 0.717) is 23.7 Å². The molecule has 1 aromatic rings. The van der Waals surface area contributed by atoms with Gasteiger partial charge in [0.15, 0.2) is 18.1 Å². The quantitative estimate of drug-likeness (QED) is 0.745. The van der Waals surface area contributed by atoms with Crippen LogP contribution in [0, 0.1) is 0 Å². The van der Waals surface area contributed by atoms with E-state index in [4.69, 9.17) is 9.47 Å². The van der Waals surface area contributed by atoms with Gasteiger partial charge in [0.05, 0.1) is 6.61 Å². The zero-order valence-corrected chi connectivity index (χ0v) is 16.7. The third kappa shape index (κ3) is 5.61. The summed E-state index contributed by atoms with van der Waals surface area (Å²) in [6.45, 7) is 5.72. The van der Waals surface area contributed by atoms with Crippen molar-refractivity contribution in [2.45, 2.75) is 45.1 Å². The van der Waals surface area contributed by atoms with Crippen molar-refractivity contribution in [3.8, 4) is 11.5 Å². The number of nitrogens with zero attached hydrogens (tertiary/aromatic N) is 1. The first-order valence-corrected chi connectivity index (χ1v) is 10.4. The summed E-state index contributed by atoms with van der Waals surface area (Å²) in [6.07, 6.45) is 5.33. The van der Waals surface area contributed by atoms with E-state index in [1.807, 2.05) is 11.8 Å². The van der Waals surface area contributed by atoms with E-state index in [0.717, 1.165) is 51.9 Å². The maximum atomic E-state index is 12.6. The summed E-state index contributed by atoms with van der Waals surface area (Å²) >= 11 is 0. The Morgan fingerprint density at radius 3 is 2.68 bits per heavy atom. The van der Waals surface area contributed by atoms with E-state index in [2.05, 4.69) is 10.6 Å². The summed E-state index contributed by atoms with van der Waals surface area (Å²) < 4.78 is 11.4. The van der Waals surface area contributed by atoms with Gasteiger partial charge in [-0.15, -0.1) is 0 Å². The van der Waals surface area contributed by atoms with Gasteiger partial charge < -0.3 is 25.0 Å². The lowest BCUT2D eigenvalue weighted by molar-refractivity contribution is -0.134. The number of amides is 2. The average molecular weight is 389 g/mol. The topological polar surface area (TPSA) is 79.9 Å². The number of piperidine rings is 2. The largest absolute Gasteiger partial charge is 0.490 e. The summed E-state index contributed by atoms with van der Waals surface area (Å²) in [6, 6.07) is 5.27. The number of ether oxygens (including phenoxy) is 2. The molecule has 0 spiro atoms. The highest BCUT2D eigenvalue weighted by Crippen LogP contribution is 2.29. The van der Waals surface area contributed by atoms with E-state index in [-0.39, 0.29) is 24.5 Å². The third-order valence-corrected chi connectivity index (χ3v) is 5.20. The van der Waals surface area contributed by atoms with Crippen molar-refractivity contribution in [3.63, 3.8) is 0 Å². The lowest BCUT2D eigenvalue weighted by atomic mass is 10.1. The molecule has 2 saturated heterocycles. The van der Waals surface area contributed by atoms with Crippen LogP contribution < -0.4 is 20.1 Å². The van der Waals surface area contributed by atoms with Crippen molar-refractivity contribution in [2.24, 2.45) is 0 Å². The minimum atomic E-state index is -0.120. The number of rotatable bonds is 7. The molecular weight excluding hydrogens is 358 g/mol. The highest BCUT2D eigenvalue weighted by atomic mass is 16.5. The van der Waals surface area contributed by atoms with Gasteiger partial charge in [0.2, 0.25) is 0 Å². The molecule has 0 aliphatic carbocycles. The predicted octanol–water partition coefficient (Wildman–Crippen LogP) is 1.96. The standard InChI is InChI=1S/C21H31N3O4/c1-2-27-19-13-16(21(26)23-17-7-6-10-22-14-17)8-9-18(19)28-15-20(25)24-11-4-3-5-12-24/h8-9,13,17,22H,2-7,10-12,14-15H2,1H3,(H,23,26). The monoisotopic (exact) mass is 389 g/mol. The number of nitrogens with one attached hydrogen (secondary N) is 2. The van der Waals surface area contributed by atoms with Crippen LogP contribution in [0.3, 0.4) is 0 Å². The van der Waals surface area contributed by atoms with Crippen LogP contribution in [0.25, 0.3) is 0 Å². The smallest absolute Gasteiger partial charge is 0.260 e. The molecule has 2 heterocycles. The molecular formula is C21H31N3O4. The lowest BCUT2D eigenvalue weighted by Crippen LogP contribution is -2.45. The fraction of sp³-hybridized carbons (Fsp3) is 0.619. The highest BCUT2D eigenvalue weighted by Gasteiger charge is 2.20. The fourth-order valence-electron chi connectivity index (χ4n) is 3.65. The number of benzene rings is 1. The van der Waals surface area contributed by atoms with E-state index in [1.165, 1.54) is 6.42 Å². The Kier molecular flexibility index (Phi) is 7.54. The minimum absolute atomic E-state index is 0.00577. The number of carbonyl (C=O) groups is 2. The molecule has 7 nitrogen and oxygen atoms in total. The zero-order chi connectivity index (χ0) is 19.8. The van der Waals surface area contributed by atoms with Crippen molar-refractivity contribution in [3.05, 3.63) is 23.8 Å². The van der Waals surface area contributed by atoms with Crippen LogP contribution in [0.4, 0.5) is 0 Å². The number of hydrogen-bond donors (Lipinski definition) is 2. The second-order valence-corrected chi connectivity index (χ2v) is 7.34. The molecule has 0 aromatic heterocycles. The normalized spacial score (nSPS) is 19.8. The van der Waals surface area contributed by atoms with Crippen LogP contribution in [-0.4, -0.2) is 62.1 Å². The first kappa shape index (κ1) is 20.5. The molecule has 2 fully saturated rings. The Hall–Kier alpha value is -2.28. The summed E-state index contributed by atoms with van der Waals surface area (Å²) in [5.41, 5.74) is 0.531. The summed E-state index contributed by atoms with van der Waals surface area (Å²) in [5, 5.41) is 6.35. The van der Waals surface area contributed by atoms with Crippen LogP contribution in [0.1, 0.15) is 49.4 Å². The van der Waals surface area contributed by atoms with Crippen LogP contribution in [0.2, 0.25) is 0 Å². The van der Waals surface area contributed by atoms with E-state index in [9.17, 15) is 9.59 Å². The van der Waals surface area contributed by atoms with Gasteiger partial charge in [-0.3, -0.25) is 9.59 Å². The van der Waals surface area contributed by atoms with Gasteiger partial charge in [0, 0.05) is 31.2 Å². The van der Waals surface area contributed by atoms with E-state index < -0.39 is 0 Å². The molecule has 3 rings (SSSR count). The Balaban J connectivity index is 1.61. The maximum absolute atomic E-state index is 12.6. The maximum Gasteiger partial charge on any atom is 0.260 e. The molecule has 0 bridgehead atoms. The lowest BCUT2D eigenvalue weighted by Gasteiger charge is -2.26. The Morgan fingerprint density at radius 1 is 1.14 bits per heavy atom. The molecule has 0 radical (unpaired) electrons. The van der Waals surface area contributed by atoms with Crippen molar-refractivity contribution >= 4 is 11.8 Å². The molecule has 154 valence electrons. The van der Waals surface area contributed by atoms with Crippen LogP contribution in [-0.2, 0) is 4.79 Å². The third-order valence-electron chi connectivity index (χ3n) is 5.20. The van der Waals surface area contributed by atoms with Crippen LogP contribution in [0.15, 0.2) is 18.2 Å². The molecule has 7 heteroatoms. The first-order valence-electron chi connectivity index (χ1n) is 10.4. The van der Waals surface area contributed by atoms with Gasteiger partial charge in [-0.2, -0.15) is 0 Å². The molecule has 2 amide bonds. The van der Waals surface area contributed by atoms with E-state index >= 15 is 0 Å². The van der Waals surface area contributed by atoms with E-state index in [1.54, 1.807) is 18.2 Å². The molecule has 1 unspecified atom stereocenters. The Morgan fingerprint density at radius 2 is 1.96 bits per heavy atom. The Bertz CT molecular complexity index is 668. The summed E-state index contributed by atoms with van der Waals surface area (Å²) in [4.78, 5) is 26.7. The zero-order valence-electron chi connectivity index (χ0n) is 16.7. The Labute approximate surface area is 166 Å². The average Bonchev–Trinajstić information content (AvgIpc) is 2.74. The minimum Gasteiger partial charge on any atom is -0.490 e. The number of carbonyl (C=O) groups excluding carboxylic acids is 2. The van der Waals surface area contributed by atoms with Gasteiger partial charge in [-0.25, -0.2) is 0 Å². The second-order valence-electron chi connectivity index (χ2n) is 7.34. The number of hydrogen-bond acceptors (Lipinski definition) is 5. The molecule has 1 atom stereocenters. The van der Waals surface area contributed by atoms with Crippen molar-refractivity contribution in [2.75, 3.05) is 39.4 Å². The van der Waals surface area contributed by atoms with Gasteiger partial charge >= 0.3 is 0 Å². The van der Waals surface area contributed by atoms with Gasteiger partial charge in [-0.1, -0.05) is 0 Å². The van der Waals surface area contributed by atoms with Gasteiger partial charge in [-0.05, 0) is 63.8 Å². The van der Waals surface area contributed by atoms with Crippen molar-refractivity contribution < 1.29 is 19.1 Å². The van der Waals surface area contributed by atoms with Crippen LogP contribution >= 0.6 is 0 Å².